The molecule has 57 heavy (non-hydrogen) atoms. The number of fused-ring (bicyclic) bond motifs is 1. The number of anilines is 6. The number of nitrogens with zero attached hydrogens (tertiary/aromatic N) is 5. The number of aldehydes is 1. The van der Waals surface area contributed by atoms with Gasteiger partial charge >= 0.3 is 0 Å². The van der Waals surface area contributed by atoms with E-state index < -0.39 is 11.9 Å². The van der Waals surface area contributed by atoms with Gasteiger partial charge in [-0.1, -0.05) is 13.3 Å². The van der Waals surface area contributed by atoms with E-state index in [-0.39, 0.29) is 5.82 Å². The monoisotopic (exact) mass is 776 g/mol. The number of rotatable bonds is 15. The van der Waals surface area contributed by atoms with Crippen molar-refractivity contribution in [1.82, 2.24) is 10.2 Å². The number of nitriles is 1. The zero-order valence-corrected chi connectivity index (χ0v) is 33.8. The van der Waals surface area contributed by atoms with E-state index in [1.54, 1.807) is 6.07 Å². The average Bonchev–Trinajstić information content (AvgIpc) is 3.22. The van der Waals surface area contributed by atoms with E-state index in [1.165, 1.54) is 11.6 Å². The van der Waals surface area contributed by atoms with Crippen molar-refractivity contribution in [2.24, 2.45) is 5.92 Å². The van der Waals surface area contributed by atoms with Gasteiger partial charge in [0.25, 0.3) is 0 Å². The number of hydrogen-bond acceptors (Lipinski definition) is 10. The van der Waals surface area contributed by atoms with Crippen molar-refractivity contribution in [2.75, 3.05) is 85.2 Å². The Hall–Kier alpha value is -5.41. The average molecular weight is 777 g/mol. The molecule has 3 aromatic carbocycles. The van der Waals surface area contributed by atoms with E-state index in [0.717, 1.165) is 119 Å². The molecular formula is C45H57FN8O3. The summed E-state index contributed by atoms with van der Waals surface area (Å²) >= 11 is 0. The van der Waals surface area contributed by atoms with Gasteiger partial charge in [-0.05, 0) is 143 Å². The number of carbonyl (C=O) groups excluding carboxylic acids is 3. The molecule has 3 aliphatic heterocycles. The van der Waals surface area contributed by atoms with Crippen LogP contribution in [0.25, 0.3) is 6.08 Å². The first-order valence-corrected chi connectivity index (χ1v) is 20.4. The number of likely N-dealkylation sites (tertiary alicyclic amines) is 1. The minimum Gasteiger partial charge on any atom is -0.382 e. The van der Waals surface area contributed by atoms with Crippen LogP contribution in [-0.4, -0.2) is 89.5 Å². The Morgan fingerprint density at radius 3 is 2.44 bits per heavy atom. The molecule has 3 aliphatic rings. The number of piperidine rings is 2. The highest BCUT2D eigenvalue weighted by atomic mass is 19.1. The fourth-order valence-electron chi connectivity index (χ4n) is 8.62. The second-order valence-corrected chi connectivity index (χ2v) is 15.9. The van der Waals surface area contributed by atoms with Gasteiger partial charge in [0, 0.05) is 57.2 Å². The van der Waals surface area contributed by atoms with Crippen LogP contribution in [0.3, 0.4) is 0 Å². The standard InChI is InChI=1S/C45H57FN8O3/c1-5-6-40(45(57)49-30-56)50-36-8-10-41(38(46)27-36)53-20-12-32(13-21-53)11-17-52-18-14-34(15-19-52)35-25-42(51(3)4)37(23-31(2)29-55)43(26-35)54-22-16-48-39-9-7-33(28-47)24-44(39)54/h7-10,23-27,29-30,32,34,40,48,50H,5-6,11-22H2,1-4H3,(H,49,56,57)/b31-23-. The Bertz CT molecular complexity index is 1980. The van der Waals surface area contributed by atoms with Gasteiger partial charge in [-0.3, -0.25) is 19.7 Å². The smallest absolute Gasteiger partial charge is 0.248 e. The van der Waals surface area contributed by atoms with Crippen LogP contribution < -0.4 is 30.7 Å². The van der Waals surface area contributed by atoms with Crippen LogP contribution in [0, 0.1) is 23.1 Å². The third-order valence-corrected chi connectivity index (χ3v) is 11.8. The Labute approximate surface area is 336 Å². The minimum atomic E-state index is -0.606. The van der Waals surface area contributed by atoms with Crippen LogP contribution >= 0.6 is 0 Å². The van der Waals surface area contributed by atoms with Gasteiger partial charge in [0.15, 0.2) is 0 Å². The third kappa shape index (κ3) is 9.95. The SMILES string of the molecule is CCCC(Nc1ccc(N2CCC(CCN3CCC(c4cc(N(C)C)c(/C=C(/C)C=O)c(N5CCNc6ccc(C#N)cc65)c4)CC3)CC2)c(F)c1)C(=O)NC=O. The second-order valence-electron chi connectivity index (χ2n) is 15.9. The van der Waals surface area contributed by atoms with Crippen LogP contribution in [-0.2, 0) is 14.4 Å². The van der Waals surface area contributed by atoms with E-state index in [1.807, 2.05) is 44.2 Å². The lowest BCUT2D eigenvalue weighted by atomic mass is 9.86. The molecule has 0 bridgehead atoms. The predicted molar refractivity (Wildman–Crippen MR) is 228 cm³/mol. The first-order valence-electron chi connectivity index (χ1n) is 20.4. The molecule has 0 spiro atoms. The number of imide groups is 1. The van der Waals surface area contributed by atoms with Crippen molar-refractivity contribution in [3.63, 3.8) is 0 Å². The molecule has 11 nitrogen and oxygen atoms in total. The molecule has 12 heteroatoms. The van der Waals surface area contributed by atoms with Crippen molar-refractivity contribution < 1.29 is 18.8 Å². The summed E-state index contributed by atoms with van der Waals surface area (Å²) in [6.07, 6.45) is 9.84. The minimum absolute atomic E-state index is 0.315. The fourth-order valence-corrected chi connectivity index (χ4v) is 8.62. The molecule has 1 atom stereocenters. The van der Waals surface area contributed by atoms with Crippen molar-refractivity contribution in [3.05, 3.63) is 76.6 Å². The van der Waals surface area contributed by atoms with Crippen molar-refractivity contribution in [1.29, 1.82) is 5.26 Å². The second kappa shape index (κ2) is 19.2. The van der Waals surface area contributed by atoms with Crippen LogP contribution in [0.4, 0.5) is 38.5 Å². The zero-order chi connectivity index (χ0) is 40.5. The summed E-state index contributed by atoms with van der Waals surface area (Å²) in [5.41, 5.74) is 8.77. The topological polar surface area (TPSA) is 124 Å². The molecule has 0 saturated carbocycles. The van der Waals surface area contributed by atoms with E-state index in [0.29, 0.717) is 47.2 Å². The molecule has 2 saturated heterocycles. The Morgan fingerprint density at radius 2 is 1.77 bits per heavy atom. The Kier molecular flexibility index (Phi) is 13.9. The molecule has 2 amide bonds. The summed E-state index contributed by atoms with van der Waals surface area (Å²) in [5, 5.41) is 18.5. The van der Waals surface area contributed by atoms with Gasteiger partial charge in [0.05, 0.1) is 34.4 Å². The summed E-state index contributed by atoms with van der Waals surface area (Å²) < 4.78 is 15.3. The lowest BCUT2D eigenvalue weighted by Crippen LogP contribution is -2.39. The zero-order valence-electron chi connectivity index (χ0n) is 33.8. The maximum absolute atomic E-state index is 15.3. The molecule has 0 radical (unpaired) electrons. The van der Waals surface area contributed by atoms with E-state index >= 15 is 4.39 Å². The lowest BCUT2D eigenvalue weighted by molar-refractivity contribution is -0.126. The van der Waals surface area contributed by atoms with Crippen molar-refractivity contribution in [3.8, 4) is 6.07 Å². The molecule has 0 aliphatic carbocycles. The molecule has 0 aromatic heterocycles. The summed E-state index contributed by atoms with van der Waals surface area (Å²) in [6.45, 7) is 10.0. The summed E-state index contributed by atoms with van der Waals surface area (Å²) in [6, 6.07) is 17.1. The number of benzene rings is 3. The van der Waals surface area contributed by atoms with E-state index in [4.69, 9.17) is 0 Å². The number of nitrogens with one attached hydrogen (secondary N) is 3. The molecule has 3 heterocycles. The first-order chi connectivity index (χ1) is 27.6. The maximum Gasteiger partial charge on any atom is 0.248 e. The van der Waals surface area contributed by atoms with Gasteiger partial charge in [-0.25, -0.2) is 4.39 Å². The quantitative estimate of drug-likeness (QED) is 0.107. The van der Waals surface area contributed by atoms with E-state index in [9.17, 15) is 19.6 Å². The number of halogens is 1. The summed E-state index contributed by atoms with van der Waals surface area (Å²) in [7, 11) is 4.11. The number of allylic oxidation sites excluding steroid dienone is 1. The molecule has 6 rings (SSSR count). The molecule has 302 valence electrons. The summed E-state index contributed by atoms with van der Waals surface area (Å²) in [5.74, 6) is 0.266. The lowest BCUT2D eigenvalue weighted by Gasteiger charge is -2.37. The van der Waals surface area contributed by atoms with Crippen LogP contribution in [0.2, 0.25) is 0 Å². The normalized spacial score (nSPS) is 17.2. The van der Waals surface area contributed by atoms with Gasteiger partial charge < -0.3 is 30.2 Å². The van der Waals surface area contributed by atoms with Crippen molar-refractivity contribution >= 4 is 58.8 Å². The fraction of sp³-hybridized carbons (Fsp3) is 0.467. The molecule has 1 unspecified atom stereocenters. The van der Waals surface area contributed by atoms with E-state index in [2.05, 4.69) is 67.8 Å². The summed E-state index contributed by atoms with van der Waals surface area (Å²) in [4.78, 5) is 44.0. The van der Waals surface area contributed by atoms with Crippen LogP contribution in [0.1, 0.15) is 81.4 Å². The van der Waals surface area contributed by atoms with Gasteiger partial charge in [0.1, 0.15) is 18.1 Å². The van der Waals surface area contributed by atoms with Crippen molar-refractivity contribution in [2.45, 2.75) is 70.8 Å². The van der Waals surface area contributed by atoms with Gasteiger partial charge in [-0.2, -0.15) is 5.26 Å². The molecule has 3 aromatic rings. The van der Waals surface area contributed by atoms with Gasteiger partial charge in [0.2, 0.25) is 12.3 Å². The first kappa shape index (κ1) is 41.2. The third-order valence-electron chi connectivity index (χ3n) is 11.8. The Balaban J connectivity index is 1.07. The predicted octanol–water partition coefficient (Wildman–Crippen LogP) is 7.27. The van der Waals surface area contributed by atoms with Crippen LogP contribution in [0.15, 0.2) is 54.1 Å². The largest absolute Gasteiger partial charge is 0.382 e. The van der Waals surface area contributed by atoms with Gasteiger partial charge in [-0.15, -0.1) is 0 Å². The maximum atomic E-state index is 15.3. The Morgan fingerprint density at radius 1 is 1.00 bits per heavy atom. The molecular weight excluding hydrogens is 720 g/mol. The van der Waals surface area contributed by atoms with Crippen LogP contribution in [0.5, 0.6) is 0 Å². The highest BCUT2D eigenvalue weighted by molar-refractivity contribution is 5.93. The number of hydrogen-bond donors (Lipinski definition) is 3. The highest BCUT2D eigenvalue weighted by Gasteiger charge is 2.28. The number of amides is 2. The number of carbonyl (C=O) groups is 3. The molecule has 2 fully saturated rings. The highest BCUT2D eigenvalue weighted by Crippen LogP contribution is 2.44. The molecule has 3 N–H and O–H groups in total.